The molecule has 1 unspecified atom stereocenters. The highest BCUT2D eigenvalue weighted by Crippen LogP contribution is 2.28. The third kappa shape index (κ3) is 3.56. The number of rotatable bonds is 4. The summed E-state index contributed by atoms with van der Waals surface area (Å²) in [5, 5.41) is 6.98. The Hall–Kier alpha value is -0.410. The predicted molar refractivity (Wildman–Crippen MR) is 72.1 cm³/mol. The Morgan fingerprint density at radius 1 is 1.38 bits per heavy atom. The third-order valence-electron chi connectivity index (χ3n) is 2.53. The molecule has 0 amide bonds. The minimum Gasteiger partial charge on any atom is -0.306 e. The lowest BCUT2D eigenvalue weighted by Crippen LogP contribution is -2.27. The molecule has 1 N–H and O–H groups in total. The molecule has 0 aliphatic heterocycles. The molecule has 1 rings (SSSR count). The van der Waals surface area contributed by atoms with Crippen LogP contribution in [-0.4, -0.2) is 11.0 Å². The summed E-state index contributed by atoms with van der Waals surface area (Å²) in [4.78, 5) is 4.76. The van der Waals surface area contributed by atoms with E-state index in [1.165, 1.54) is 10.7 Å². The van der Waals surface area contributed by atoms with Crippen molar-refractivity contribution in [3.8, 4) is 0 Å². The van der Waals surface area contributed by atoms with E-state index in [9.17, 15) is 0 Å². The lowest BCUT2D eigenvalue weighted by molar-refractivity contribution is 0.461. The Bertz CT molecular complexity index is 323. The van der Waals surface area contributed by atoms with Gasteiger partial charge < -0.3 is 5.32 Å². The molecular weight excluding hydrogens is 216 g/mol. The van der Waals surface area contributed by atoms with Gasteiger partial charge in [0.15, 0.2) is 0 Å². The Morgan fingerprint density at radius 3 is 2.38 bits per heavy atom. The lowest BCUT2D eigenvalue weighted by Gasteiger charge is -2.18. The first-order valence-electron chi connectivity index (χ1n) is 6.06. The van der Waals surface area contributed by atoms with Crippen LogP contribution in [0.15, 0.2) is 5.38 Å². The van der Waals surface area contributed by atoms with E-state index < -0.39 is 0 Å². The fraction of sp³-hybridized carbons (Fsp3) is 0.769. The van der Waals surface area contributed by atoms with Gasteiger partial charge in [-0.25, -0.2) is 4.98 Å². The minimum atomic E-state index is 0.158. The van der Waals surface area contributed by atoms with Gasteiger partial charge >= 0.3 is 0 Å². The van der Waals surface area contributed by atoms with Crippen LogP contribution in [0, 0.1) is 0 Å². The number of nitrogens with one attached hydrogen (secondary N) is 1. The molecule has 92 valence electrons. The van der Waals surface area contributed by atoms with Crippen molar-refractivity contribution in [2.45, 2.75) is 65.5 Å². The summed E-state index contributed by atoms with van der Waals surface area (Å²) in [6.07, 6.45) is 1.09. The molecule has 0 bridgehead atoms. The zero-order chi connectivity index (χ0) is 12.3. The first-order valence-corrected chi connectivity index (χ1v) is 6.94. The van der Waals surface area contributed by atoms with E-state index in [0.717, 1.165) is 6.42 Å². The monoisotopic (exact) mass is 240 g/mol. The maximum absolute atomic E-state index is 4.76. The van der Waals surface area contributed by atoms with Crippen LogP contribution >= 0.6 is 11.3 Å². The van der Waals surface area contributed by atoms with Gasteiger partial charge in [0.25, 0.3) is 0 Å². The molecule has 0 saturated heterocycles. The van der Waals surface area contributed by atoms with Crippen LogP contribution in [0.4, 0.5) is 0 Å². The van der Waals surface area contributed by atoms with Crippen LogP contribution in [-0.2, 0) is 5.41 Å². The first kappa shape index (κ1) is 13.7. The average molecular weight is 240 g/mol. The van der Waals surface area contributed by atoms with Crippen LogP contribution < -0.4 is 5.32 Å². The van der Waals surface area contributed by atoms with Crippen molar-refractivity contribution in [1.82, 2.24) is 10.3 Å². The molecule has 3 heteroatoms. The fourth-order valence-corrected chi connectivity index (χ4v) is 2.75. The van der Waals surface area contributed by atoms with E-state index >= 15 is 0 Å². The van der Waals surface area contributed by atoms with Gasteiger partial charge in [-0.1, -0.05) is 41.5 Å². The molecule has 0 aliphatic rings. The van der Waals surface area contributed by atoms with E-state index in [1.54, 1.807) is 11.3 Å². The molecule has 1 heterocycles. The van der Waals surface area contributed by atoms with Crippen molar-refractivity contribution in [2.75, 3.05) is 0 Å². The second-order valence-corrected chi connectivity index (χ2v) is 6.49. The Balaban J connectivity index is 2.83. The molecule has 0 saturated carbocycles. The van der Waals surface area contributed by atoms with Gasteiger partial charge in [-0.15, -0.1) is 11.3 Å². The lowest BCUT2D eigenvalue weighted by atomic mass is 9.93. The molecule has 2 nitrogen and oxygen atoms in total. The number of thiazole rings is 1. The van der Waals surface area contributed by atoms with E-state index in [2.05, 4.69) is 52.2 Å². The Morgan fingerprint density at radius 2 is 2.00 bits per heavy atom. The largest absolute Gasteiger partial charge is 0.306 e. The summed E-state index contributed by atoms with van der Waals surface area (Å²) in [6.45, 7) is 13.2. The fourth-order valence-electron chi connectivity index (χ4n) is 1.56. The first-order chi connectivity index (χ1) is 7.34. The maximum atomic E-state index is 4.76. The van der Waals surface area contributed by atoms with Gasteiger partial charge in [0.05, 0.1) is 11.7 Å². The molecule has 0 fully saturated rings. The second-order valence-electron chi connectivity index (χ2n) is 5.60. The van der Waals surface area contributed by atoms with E-state index in [4.69, 9.17) is 4.98 Å². The highest BCUT2D eigenvalue weighted by molar-refractivity contribution is 7.09. The minimum absolute atomic E-state index is 0.158. The third-order valence-corrected chi connectivity index (χ3v) is 3.49. The Labute approximate surface area is 103 Å². The quantitative estimate of drug-likeness (QED) is 0.863. The predicted octanol–water partition coefficient (Wildman–Crippen LogP) is 3.89. The zero-order valence-electron chi connectivity index (χ0n) is 11.3. The van der Waals surface area contributed by atoms with Crippen LogP contribution in [0.3, 0.4) is 0 Å². The van der Waals surface area contributed by atoms with Crippen LogP contribution in [0.5, 0.6) is 0 Å². The standard InChI is InChI=1S/C13H24N2S/c1-7-10(14-9(2)3)12-15-11(8-16-12)13(4,5)6/h8-10,14H,7H2,1-6H3. The van der Waals surface area contributed by atoms with Gasteiger partial charge in [0.2, 0.25) is 0 Å². The number of hydrogen-bond donors (Lipinski definition) is 1. The normalized spacial score (nSPS) is 14.4. The molecule has 1 atom stereocenters. The number of nitrogens with zero attached hydrogens (tertiary/aromatic N) is 1. The molecule has 0 radical (unpaired) electrons. The summed E-state index contributed by atoms with van der Waals surface area (Å²) >= 11 is 1.78. The SMILES string of the molecule is CCC(NC(C)C)c1nc(C(C)(C)C)cs1. The van der Waals surface area contributed by atoms with Gasteiger partial charge in [-0.05, 0) is 6.42 Å². The average Bonchev–Trinajstić information content (AvgIpc) is 2.61. The van der Waals surface area contributed by atoms with Crippen molar-refractivity contribution in [3.63, 3.8) is 0 Å². The summed E-state index contributed by atoms with van der Waals surface area (Å²) in [7, 11) is 0. The van der Waals surface area contributed by atoms with E-state index in [-0.39, 0.29) is 5.41 Å². The van der Waals surface area contributed by atoms with Crippen molar-refractivity contribution >= 4 is 11.3 Å². The van der Waals surface area contributed by atoms with Crippen LogP contribution in [0.2, 0.25) is 0 Å². The summed E-state index contributed by atoms with van der Waals surface area (Å²) < 4.78 is 0. The topological polar surface area (TPSA) is 24.9 Å². The summed E-state index contributed by atoms with van der Waals surface area (Å²) in [5.41, 5.74) is 1.36. The molecule has 1 aromatic heterocycles. The van der Waals surface area contributed by atoms with Gasteiger partial charge in [0.1, 0.15) is 5.01 Å². The molecule has 1 aromatic rings. The van der Waals surface area contributed by atoms with Crippen molar-refractivity contribution < 1.29 is 0 Å². The highest BCUT2D eigenvalue weighted by atomic mass is 32.1. The van der Waals surface area contributed by atoms with Gasteiger partial charge in [-0.2, -0.15) is 0 Å². The maximum Gasteiger partial charge on any atom is 0.110 e. The zero-order valence-corrected chi connectivity index (χ0v) is 12.1. The molecule has 16 heavy (non-hydrogen) atoms. The molecule has 0 spiro atoms. The second kappa shape index (κ2) is 5.28. The molecular formula is C13H24N2S. The van der Waals surface area contributed by atoms with Crippen molar-refractivity contribution in [1.29, 1.82) is 0 Å². The van der Waals surface area contributed by atoms with Crippen LogP contribution in [0.25, 0.3) is 0 Å². The molecule has 0 aromatic carbocycles. The Kier molecular flexibility index (Phi) is 4.51. The highest BCUT2D eigenvalue weighted by Gasteiger charge is 2.20. The summed E-state index contributed by atoms with van der Waals surface area (Å²) in [5.74, 6) is 0. The van der Waals surface area contributed by atoms with Gasteiger partial charge in [-0.3, -0.25) is 0 Å². The van der Waals surface area contributed by atoms with Crippen LogP contribution in [0.1, 0.15) is 64.7 Å². The van der Waals surface area contributed by atoms with E-state index in [1.807, 2.05) is 0 Å². The number of aromatic nitrogens is 1. The summed E-state index contributed by atoms with van der Waals surface area (Å²) in [6, 6.07) is 0.910. The van der Waals surface area contributed by atoms with Crippen molar-refractivity contribution in [2.24, 2.45) is 0 Å². The van der Waals surface area contributed by atoms with E-state index in [0.29, 0.717) is 12.1 Å². The number of hydrogen-bond acceptors (Lipinski definition) is 3. The smallest absolute Gasteiger partial charge is 0.110 e. The van der Waals surface area contributed by atoms with Crippen molar-refractivity contribution in [3.05, 3.63) is 16.1 Å². The van der Waals surface area contributed by atoms with Gasteiger partial charge in [0, 0.05) is 16.8 Å². The molecule has 0 aliphatic carbocycles.